The van der Waals surface area contributed by atoms with Gasteiger partial charge in [-0.05, 0) is 32.2 Å². The molecular weight excluding hydrogens is 284 g/mol. The Labute approximate surface area is 130 Å². The molecule has 0 unspecified atom stereocenters. The van der Waals surface area contributed by atoms with Crippen LogP contribution in [0, 0.1) is 6.92 Å². The average Bonchev–Trinajstić information content (AvgIpc) is 2.91. The molecule has 0 bridgehead atoms. The number of ether oxygens (including phenoxy) is 2. The van der Waals surface area contributed by atoms with Crippen LogP contribution < -0.4 is 9.47 Å². The molecule has 0 aliphatic rings. The molecule has 0 aliphatic heterocycles. The molecular formula is C16H22N2O4. The number of benzene rings is 1. The van der Waals surface area contributed by atoms with Crippen LogP contribution in [0.2, 0.25) is 0 Å². The first-order chi connectivity index (χ1) is 10.5. The molecule has 0 spiro atoms. The maximum absolute atomic E-state index is 10.5. The van der Waals surface area contributed by atoms with E-state index in [0.717, 1.165) is 11.5 Å². The largest absolute Gasteiger partial charge is 0.497 e. The van der Waals surface area contributed by atoms with E-state index in [1.165, 1.54) is 0 Å². The van der Waals surface area contributed by atoms with Crippen LogP contribution in [0.1, 0.15) is 23.1 Å². The van der Waals surface area contributed by atoms with E-state index in [9.17, 15) is 5.11 Å². The number of nitrogens with zero attached hydrogens (tertiary/aromatic N) is 2. The van der Waals surface area contributed by atoms with Crippen molar-refractivity contribution < 1.29 is 19.1 Å². The second kappa shape index (κ2) is 7.29. The second-order valence-electron chi connectivity index (χ2n) is 5.25. The Morgan fingerprint density at radius 1 is 1.27 bits per heavy atom. The quantitative estimate of drug-likeness (QED) is 0.845. The number of methoxy groups -OCH3 is 2. The second-order valence-corrected chi connectivity index (χ2v) is 5.25. The number of aliphatic hydroxyl groups excluding tert-OH is 1. The smallest absolute Gasteiger partial charge is 0.133 e. The lowest BCUT2D eigenvalue weighted by Crippen LogP contribution is -2.24. The molecule has 1 aromatic carbocycles. The third kappa shape index (κ3) is 3.99. The topological polar surface area (TPSA) is 68.0 Å². The van der Waals surface area contributed by atoms with Crippen molar-refractivity contribution in [1.82, 2.24) is 10.1 Å². The highest BCUT2D eigenvalue weighted by Gasteiger charge is 2.17. The van der Waals surface area contributed by atoms with E-state index >= 15 is 0 Å². The number of aliphatic hydroxyl groups is 1. The first-order valence-electron chi connectivity index (χ1n) is 7.04. The van der Waals surface area contributed by atoms with Gasteiger partial charge in [-0.25, -0.2) is 0 Å². The lowest BCUT2D eigenvalue weighted by atomic mass is 10.1. The van der Waals surface area contributed by atoms with Crippen LogP contribution in [0.3, 0.4) is 0 Å². The van der Waals surface area contributed by atoms with E-state index in [1.54, 1.807) is 32.4 Å². The van der Waals surface area contributed by atoms with E-state index in [1.807, 2.05) is 24.9 Å². The van der Waals surface area contributed by atoms with Crippen molar-refractivity contribution in [2.75, 3.05) is 27.8 Å². The normalized spacial score (nSPS) is 12.5. The molecule has 0 radical (unpaired) electrons. The molecule has 120 valence electrons. The summed E-state index contributed by atoms with van der Waals surface area (Å²) in [6, 6.07) is 7.27. The summed E-state index contributed by atoms with van der Waals surface area (Å²) in [5.41, 5.74) is 1.54. The van der Waals surface area contributed by atoms with Crippen LogP contribution in [-0.2, 0) is 6.54 Å². The Hall–Kier alpha value is -2.05. The van der Waals surface area contributed by atoms with Gasteiger partial charge in [0.05, 0.1) is 26.0 Å². The summed E-state index contributed by atoms with van der Waals surface area (Å²) in [5.74, 6) is 2.10. The number of hydrogen-bond acceptors (Lipinski definition) is 6. The number of aryl methyl sites for hydroxylation is 1. The number of rotatable bonds is 7. The number of aromatic nitrogens is 1. The van der Waals surface area contributed by atoms with Crippen LogP contribution >= 0.6 is 0 Å². The lowest BCUT2D eigenvalue weighted by molar-refractivity contribution is 0.119. The van der Waals surface area contributed by atoms with E-state index in [4.69, 9.17) is 14.0 Å². The van der Waals surface area contributed by atoms with Gasteiger partial charge in [0.1, 0.15) is 17.3 Å². The summed E-state index contributed by atoms with van der Waals surface area (Å²) in [4.78, 5) is 1.97. The zero-order valence-corrected chi connectivity index (χ0v) is 13.4. The fraction of sp³-hybridized carbons (Fsp3) is 0.438. The summed E-state index contributed by atoms with van der Waals surface area (Å²) >= 11 is 0. The van der Waals surface area contributed by atoms with Crippen molar-refractivity contribution in [3.63, 3.8) is 0 Å². The van der Waals surface area contributed by atoms with Crippen molar-refractivity contribution in [1.29, 1.82) is 0 Å². The highest BCUT2D eigenvalue weighted by atomic mass is 16.5. The molecule has 0 saturated heterocycles. The molecule has 6 heteroatoms. The summed E-state index contributed by atoms with van der Waals surface area (Å²) in [5, 5.41) is 14.4. The standard InChI is InChI=1S/C16H22N2O4/c1-11-7-12(17-22-11)9-18(2)10-15(19)14-8-13(20-3)5-6-16(14)21-4/h5-8,15,19H,9-10H2,1-4H3/t15-/m1/s1. The molecule has 1 heterocycles. The molecule has 0 aliphatic carbocycles. The van der Waals surface area contributed by atoms with Crippen LogP contribution in [0.4, 0.5) is 0 Å². The van der Waals surface area contributed by atoms with Gasteiger partial charge >= 0.3 is 0 Å². The van der Waals surface area contributed by atoms with Crippen molar-refractivity contribution >= 4 is 0 Å². The SMILES string of the molecule is COc1ccc(OC)c([C@H](O)CN(C)Cc2cc(C)on2)c1. The van der Waals surface area contributed by atoms with Crippen LogP contribution in [0.5, 0.6) is 11.5 Å². The fourth-order valence-corrected chi connectivity index (χ4v) is 2.33. The highest BCUT2D eigenvalue weighted by molar-refractivity contribution is 5.41. The van der Waals surface area contributed by atoms with Crippen molar-refractivity contribution in [3.8, 4) is 11.5 Å². The van der Waals surface area contributed by atoms with E-state index < -0.39 is 6.10 Å². The van der Waals surface area contributed by atoms with Gasteiger partial charge in [0.2, 0.25) is 0 Å². The Bertz CT molecular complexity index is 612. The molecule has 0 saturated carbocycles. The summed E-state index contributed by atoms with van der Waals surface area (Å²) in [6.45, 7) is 2.89. The summed E-state index contributed by atoms with van der Waals surface area (Å²) < 4.78 is 15.6. The minimum Gasteiger partial charge on any atom is -0.497 e. The maximum atomic E-state index is 10.5. The monoisotopic (exact) mass is 306 g/mol. The molecule has 6 nitrogen and oxygen atoms in total. The van der Waals surface area contributed by atoms with Gasteiger partial charge in [-0.2, -0.15) is 0 Å². The van der Waals surface area contributed by atoms with Crippen molar-refractivity contribution in [2.24, 2.45) is 0 Å². The summed E-state index contributed by atoms with van der Waals surface area (Å²) in [6.07, 6.45) is -0.692. The van der Waals surface area contributed by atoms with Crippen LogP contribution in [0.15, 0.2) is 28.8 Å². The molecule has 0 amide bonds. The minimum atomic E-state index is -0.692. The van der Waals surface area contributed by atoms with Gasteiger partial charge in [-0.3, -0.25) is 4.90 Å². The Kier molecular flexibility index (Phi) is 5.41. The Morgan fingerprint density at radius 3 is 2.64 bits per heavy atom. The van der Waals surface area contributed by atoms with Gasteiger partial charge in [-0.1, -0.05) is 5.16 Å². The molecule has 1 atom stereocenters. The highest BCUT2D eigenvalue weighted by Crippen LogP contribution is 2.29. The van der Waals surface area contributed by atoms with Crippen LogP contribution in [-0.4, -0.2) is 43.0 Å². The van der Waals surface area contributed by atoms with Crippen LogP contribution in [0.25, 0.3) is 0 Å². The molecule has 2 aromatic rings. The molecule has 1 aromatic heterocycles. The Balaban J connectivity index is 2.05. The molecule has 1 N–H and O–H groups in total. The average molecular weight is 306 g/mol. The van der Waals surface area contributed by atoms with Crippen molar-refractivity contribution in [3.05, 3.63) is 41.3 Å². The number of hydrogen-bond donors (Lipinski definition) is 1. The first-order valence-corrected chi connectivity index (χ1v) is 7.04. The third-order valence-electron chi connectivity index (χ3n) is 3.39. The third-order valence-corrected chi connectivity index (χ3v) is 3.39. The predicted octanol–water partition coefficient (Wildman–Crippen LogP) is 2.17. The Morgan fingerprint density at radius 2 is 2.05 bits per heavy atom. The van der Waals surface area contributed by atoms with Gasteiger partial charge in [0.15, 0.2) is 0 Å². The lowest BCUT2D eigenvalue weighted by Gasteiger charge is -2.21. The zero-order chi connectivity index (χ0) is 16.1. The molecule has 2 rings (SSSR count). The molecule has 22 heavy (non-hydrogen) atoms. The molecule has 0 fully saturated rings. The predicted molar refractivity (Wildman–Crippen MR) is 82.1 cm³/mol. The van der Waals surface area contributed by atoms with E-state index in [0.29, 0.717) is 30.2 Å². The zero-order valence-electron chi connectivity index (χ0n) is 13.4. The van der Waals surface area contributed by atoms with E-state index in [-0.39, 0.29) is 0 Å². The van der Waals surface area contributed by atoms with Gasteiger partial charge < -0.3 is 19.1 Å². The fourth-order valence-electron chi connectivity index (χ4n) is 2.33. The first kappa shape index (κ1) is 16.3. The van der Waals surface area contributed by atoms with Gasteiger partial charge in [0, 0.05) is 24.7 Å². The summed E-state index contributed by atoms with van der Waals surface area (Å²) in [7, 11) is 5.09. The van der Waals surface area contributed by atoms with E-state index in [2.05, 4.69) is 5.16 Å². The minimum absolute atomic E-state index is 0.440. The number of likely N-dealkylation sites (N-methyl/N-ethyl adjacent to an activating group) is 1. The van der Waals surface area contributed by atoms with Gasteiger partial charge in [-0.15, -0.1) is 0 Å². The van der Waals surface area contributed by atoms with Gasteiger partial charge in [0.25, 0.3) is 0 Å². The maximum Gasteiger partial charge on any atom is 0.133 e. The van der Waals surface area contributed by atoms with Crippen molar-refractivity contribution in [2.45, 2.75) is 19.6 Å².